The normalized spacial score (nSPS) is 17.8. The Balaban J connectivity index is 1.80. The van der Waals surface area contributed by atoms with Crippen LogP contribution in [0.25, 0.3) is 0 Å². The zero-order valence-corrected chi connectivity index (χ0v) is 13.4. The minimum atomic E-state index is -0.201. The molecule has 1 N–H and O–H groups in total. The van der Waals surface area contributed by atoms with Crippen LogP contribution in [-0.2, 0) is 4.79 Å². The fourth-order valence-corrected chi connectivity index (χ4v) is 2.97. The molecule has 5 heteroatoms. The van der Waals surface area contributed by atoms with Gasteiger partial charge in [0, 0.05) is 24.7 Å². The van der Waals surface area contributed by atoms with E-state index in [4.69, 9.17) is 0 Å². The topological polar surface area (TPSA) is 52.6 Å². The Kier molecular flexibility index (Phi) is 5.95. The van der Waals surface area contributed by atoms with Gasteiger partial charge in [0.2, 0.25) is 5.91 Å². The predicted molar refractivity (Wildman–Crippen MR) is 86.7 cm³/mol. The molecule has 0 aromatic heterocycles. The zero-order valence-electron chi connectivity index (χ0n) is 13.4. The SMILES string of the molecule is CCN(CC)C1CCN(C(=O)CNC(=O)c2ccccc2)C1. The van der Waals surface area contributed by atoms with Crippen molar-refractivity contribution in [2.24, 2.45) is 0 Å². The van der Waals surface area contributed by atoms with Gasteiger partial charge in [-0.25, -0.2) is 0 Å². The molecular weight excluding hydrogens is 278 g/mol. The molecule has 1 atom stereocenters. The van der Waals surface area contributed by atoms with E-state index < -0.39 is 0 Å². The van der Waals surface area contributed by atoms with Crippen molar-refractivity contribution in [1.82, 2.24) is 15.1 Å². The monoisotopic (exact) mass is 303 g/mol. The molecule has 1 aliphatic heterocycles. The van der Waals surface area contributed by atoms with E-state index in [0.29, 0.717) is 11.6 Å². The second-order valence-electron chi connectivity index (χ2n) is 5.55. The van der Waals surface area contributed by atoms with Crippen molar-refractivity contribution >= 4 is 11.8 Å². The second kappa shape index (κ2) is 7.94. The fraction of sp³-hybridized carbons (Fsp3) is 0.529. The lowest BCUT2D eigenvalue weighted by atomic mass is 10.2. The van der Waals surface area contributed by atoms with Crippen LogP contribution in [0.5, 0.6) is 0 Å². The number of likely N-dealkylation sites (tertiary alicyclic amines) is 1. The van der Waals surface area contributed by atoms with Crippen LogP contribution in [-0.4, -0.2) is 60.4 Å². The molecule has 1 aliphatic rings. The van der Waals surface area contributed by atoms with Crippen LogP contribution in [0.3, 0.4) is 0 Å². The van der Waals surface area contributed by atoms with Crippen molar-refractivity contribution in [3.63, 3.8) is 0 Å². The lowest BCUT2D eigenvalue weighted by Crippen LogP contribution is -2.42. The van der Waals surface area contributed by atoms with Crippen molar-refractivity contribution in [3.8, 4) is 0 Å². The average molecular weight is 303 g/mol. The van der Waals surface area contributed by atoms with E-state index in [1.165, 1.54) is 0 Å². The van der Waals surface area contributed by atoms with Crippen LogP contribution in [0.1, 0.15) is 30.6 Å². The van der Waals surface area contributed by atoms with Crippen molar-refractivity contribution in [2.45, 2.75) is 26.3 Å². The highest BCUT2D eigenvalue weighted by atomic mass is 16.2. The first-order valence-corrected chi connectivity index (χ1v) is 8.00. The van der Waals surface area contributed by atoms with Gasteiger partial charge in [-0.3, -0.25) is 14.5 Å². The summed E-state index contributed by atoms with van der Waals surface area (Å²) in [7, 11) is 0. The maximum atomic E-state index is 12.2. The molecule has 22 heavy (non-hydrogen) atoms. The Labute approximate surface area is 132 Å². The van der Waals surface area contributed by atoms with Crippen LogP contribution >= 0.6 is 0 Å². The number of carbonyl (C=O) groups excluding carboxylic acids is 2. The van der Waals surface area contributed by atoms with E-state index in [9.17, 15) is 9.59 Å². The summed E-state index contributed by atoms with van der Waals surface area (Å²) in [4.78, 5) is 28.4. The molecule has 1 unspecified atom stereocenters. The summed E-state index contributed by atoms with van der Waals surface area (Å²) in [5.74, 6) is -0.202. The standard InChI is InChI=1S/C17H25N3O2/c1-3-19(4-2)15-10-11-20(13-15)16(21)12-18-17(22)14-8-6-5-7-9-14/h5-9,15H,3-4,10-13H2,1-2H3,(H,18,22). The Morgan fingerprint density at radius 1 is 1.23 bits per heavy atom. The van der Waals surface area contributed by atoms with Gasteiger partial charge in [0.25, 0.3) is 5.91 Å². The Morgan fingerprint density at radius 2 is 1.91 bits per heavy atom. The van der Waals surface area contributed by atoms with Gasteiger partial charge in [-0.05, 0) is 31.6 Å². The van der Waals surface area contributed by atoms with Crippen molar-refractivity contribution in [1.29, 1.82) is 0 Å². The fourth-order valence-electron chi connectivity index (χ4n) is 2.97. The number of hydrogen-bond acceptors (Lipinski definition) is 3. The number of nitrogens with zero attached hydrogens (tertiary/aromatic N) is 2. The summed E-state index contributed by atoms with van der Waals surface area (Å²) in [5, 5.41) is 2.70. The summed E-state index contributed by atoms with van der Waals surface area (Å²) in [6.07, 6.45) is 1.01. The first kappa shape index (κ1) is 16.5. The molecular formula is C17H25N3O2. The highest BCUT2D eigenvalue weighted by Crippen LogP contribution is 2.15. The maximum Gasteiger partial charge on any atom is 0.251 e. The number of amides is 2. The molecule has 0 radical (unpaired) electrons. The van der Waals surface area contributed by atoms with Crippen LogP contribution in [0.15, 0.2) is 30.3 Å². The van der Waals surface area contributed by atoms with Crippen molar-refractivity contribution < 1.29 is 9.59 Å². The van der Waals surface area contributed by atoms with E-state index in [0.717, 1.165) is 32.6 Å². The van der Waals surface area contributed by atoms with Gasteiger partial charge in [-0.15, -0.1) is 0 Å². The van der Waals surface area contributed by atoms with Crippen LogP contribution in [0.4, 0.5) is 0 Å². The van der Waals surface area contributed by atoms with Gasteiger partial charge in [-0.2, -0.15) is 0 Å². The van der Waals surface area contributed by atoms with E-state index in [2.05, 4.69) is 24.1 Å². The average Bonchev–Trinajstić information content (AvgIpc) is 3.04. The summed E-state index contributed by atoms with van der Waals surface area (Å²) >= 11 is 0. The van der Waals surface area contributed by atoms with E-state index in [-0.39, 0.29) is 18.4 Å². The third-order valence-corrected chi connectivity index (χ3v) is 4.28. The zero-order chi connectivity index (χ0) is 15.9. The summed E-state index contributed by atoms with van der Waals surface area (Å²) in [6.45, 7) is 7.92. The number of carbonyl (C=O) groups is 2. The predicted octanol–water partition coefficient (Wildman–Crippen LogP) is 1.36. The molecule has 1 heterocycles. The third-order valence-electron chi connectivity index (χ3n) is 4.28. The lowest BCUT2D eigenvalue weighted by molar-refractivity contribution is -0.129. The van der Waals surface area contributed by atoms with E-state index in [1.54, 1.807) is 12.1 Å². The summed E-state index contributed by atoms with van der Waals surface area (Å²) < 4.78 is 0. The molecule has 2 rings (SSSR count). The maximum absolute atomic E-state index is 12.2. The third kappa shape index (κ3) is 4.07. The largest absolute Gasteiger partial charge is 0.343 e. The van der Waals surface area contributed by atoms with Gasteiger partial charge in [0.1, 0.15) is 0 Å². The molecule has 1 aromatic rings. The molecule has 1 saturated heterocycles. The highest BCUT2D eigenvalue weighted by Gasteiger charge is 2.29. The molecule has 1 aromatic carbocycles. The van der Waals surface area contributed by atoms with Gasteiger partial charge in [0.15, 0.2) is 0 Å². The van der Waals surface area contributed by atoms with Crippen LogP contribution in [0, 0.1) is 0 Å². The van der Waals surface area contributed by atoms with Crippen LogP contribution < -0.4 is 5.32 Å². The second-order valence-corrected chi connectivity index (χ2v) is 5.55. The van der Waals surface area contributed by atoms with Gasteiger partial charge in [-0.1, -0.05) is 32.0 Å². The first-order valence-electron chi connectivity index (χ1n) is 8.00. The Morgan fingerprint density at radius 3 is 2.55 bits per heavy atom. The number of nitrogens with one attached hydrogen (secondary N) is 1. The lowest BCUT2D eigenvalue weighted by Gasteiger charge is -2.26. The minimum absolute atomic E-state index is 0.000984. The quantitative estimate of drug-likeness (QED) is 0.863. The molecule has 0 aliphatic carbocycles. The molecule has 1 fully saturated rings. The van der Waals surface area contributed by atoms with Gasteiger partial charge >= 0.3 is 0 Å². The number of rotatable bonds is 6. The Hall–Kier alpha value is -1.88. The number of hydrogen-bond donors (Lipinski definition) is 1. The summed E-state index contributed by atoms with van der Waals surface area (Å²) in [5.41, 5.74) is 0.581. The van der Waals surface area contributed by atoms with E-state index in [1.807, 2.05) is 23.1 Å². The molecule has 0 bridgehead atoms. The highest BCUT2D eigenvalue weighted by molar-refractivity contribution is 5.96. The first-order chi connectivity index (χ1) is 10.7. The molecule has 2 amide bonds. The van der Waals surface area contributed by atoms with E-state index >= 15 is 0 Å². The minimum Gasteiger partial charge on any atom is -0.343 e. The molecule has 5 nitrogen and oxygen atoms in total. The van der Waals surface area contributed by atoms with Gasteiger partial charge in [0.05, 0.1) is 6.54 Å². The van der Waals surface area contributed by atoms with Crippen molar-refractivity contribution in [3.05, 3.63) is 35.9 Å². The Bertz CT molecular complexity index is 500. The number of likely N-dealkylation sites (N-methyl/N-ethyl adjacent to an activating group) is 1. The number of benzene rings is 1. The smallest absolute Gasteiger partial charge is 0.251 e. The van der Waals surface area contributed by atoms with Gasteiger partial charge < -0.3 is 10.2 Å². The van der Waals surface area contributed by atoms with Crippen molar-refractivity contribution in [2.75, 3.05) is 32.7 Å². The molecule has 0 saturated carbocycles. The van der Waals surface area contributed by atoms with Crippen LogP contribution in [0.2, 0.25) is 0 Å². The molecule has 0 spiro atoms. The summed E-state index contributed by atoms with van der Waals surface area (Å²) in [6, 6.07) is 9.42. The molecule has 120 valence electrons.